The first-order chi connectivity index (χ1) is 14.5. The molecule has 1 atom stereocenters. The summed E-state index contributed by atoms with van der Waals surface area (Å²) in [5, 5.41) is 4.24. The summed E-state index contributed by atoms with van der Waals surface area (Å²) < 4.78 is 0. The molecule has 5 nitrogen and oxygen atoms in total. The molecule has 0 aromatic heterocycles. The lowest BCUT2D eigenvalue weighted by molar-refractivity contribution is 0.0486. The van der Waals surface area contributed by atoms with E-state index < -0.39 is 0 Å². The van der Waals surface area contributed by atoms with Gasteiger partial charge in [0, 0.05) is 36.8 Å². The average molecular weight is 448 g/mol. The third kappa shape index (κ3) is 5.75. The molecule has 1 fully saturated rings. The summed E-state index contributed by atoms with van der Waals surface area (Å²) in [5.41, 5.74) is 1.12. The summed E-state index contributed by atoms with van der Waals surface area (Å²) in [4.78, 5) is 29.6. The molecule has 2 amide bonds. The fourth-order valence-corrected chi connectivity index (χ4v) is 3.96. The summed E-state index contributed by atoms with van der Waals surface area (Å²) in [6.45, 7) is 4.74. The Morgan fingerprint density at radius 1 is 1.00 bits per heavy atom. The van der Waals surface area contributed by atoms with E-state index in [1.165, 1.54) is 0 Å². The van der Waals surface area contributed by atoms with Crippen LogP contribution in [0.25, 0.3) is 0 Å². The highest BCUT2D eigenvalue weighted by atomic mass is 35.5. The van der Waals surface area contributed by atoms with Crippen molar-refractivity contribution in [3.63, 3.8) is 0 Å². The summed E-state index contributed by atoms with van der Waals surface area (Å²) in [7, 11) is 0. The number of unbranched alkanes of at least 4 members (excludes halogenated alkanes) is 1. The molecule has 0 saturated carbocycles. The lowest BCUT2D eigenvalue weighted by atomic mass is 10.1. The minimum absolute atomic E-state index is 0.0458. The Morgan fingerprint density at radius 3 is 2.30 bits per heavy atom. The van der Waals surface area contributed by atoms with Crippen molar-refractivity contribution in [3.8, 4) is 0 Å². The first kappa shape index (κ1) is 22.6. The number of hydrogen-bond acceptors (Lipinski definition) is 3. The van der Waals surface area contributed by atoms with E-state index in [9.17, 15) is 9.59 Å². The Balaban J connectivity index is 1.62. The highest BCUT2D eigenvalue weighted by molar-refractivity contribution is 6.33. The van der Waals surface area contributed by atoms with Gasteiger partial charge in [-0.3, -0.25) is 14.5 Å². The number of rotatable bonds is 7. The van der Waals surface area contributed by atoms with E-state index in [1.54, 1.807) is 36.4 Å². The van der Waals surface area contributed by atoms with Crippen molar-refractivity contribution < 1.29 is 9.59 Å². The third-order valence-electron chi connectivity index (χ3n) is 5.38. The molecule has 1 N–H and O–H groups in total. The Bertz CT molecular complexity index is 865. The van der Waals surface area contributed by atoms with E-state index in [0.717, 1.165) is 19.3 Å². The van der Waals surface area contributed by atoms with Crippen LogP contribution in [0.3, 0.4) is 0 Å². The fraction of sp³-hybridized carbons (Fsp3) is 0.391. The van der Waals surface area contributed by atoms with E-state index in [1.807, 2.05) is 17.0 Å². The number of carbonyl (C=O) groups excluding carboxylic acids is 2. The average Bonchev–Trinajstić information content (AvgIpc) is 2.77. The van der Waals surface area contributed by atoms with Gasteiger partial charge in [-0.05, 0) is 42.8 Å². The van der Waals surface area contributed by atoms with Crippen molar-refractivity contribution in [1.29, 1.82) is 0 Å². The van der Waals surface area contributed by atoms with Crippen LogP contribution in [-0.4, -0.2) is 54.0 Å². The number of carbonyl (C=O) groups is 2. The van der Waals surface area contributed by atoms with Gasteiger partial charge in [0.15, 0.2) is 0 Å². The standard InChI is InChI=1S/C23H27Cl2N3O2/c1-2-3-8-21(26-22(29)17-9-11-18(24)12-10-17)27-13-15-28(16-14-27)23(30)19-6-4-5-7-20(19)25/h4-7,9-12,21H,2-3,8,13-16H2,1H3,(H,26,29). The summed E-state index contributed by atoms with van der Waals surface area (Å²) in [5.74, 6) is -0.155. The molecule has 1 saturated heterocycles. The molecule has 1 heterocycles. The number of halogens is 2. The number of piperazine rings is 1. The molecule has 2 aromatic carbocycles. The molecule has 0 spiro atoms. The number of amides is 2. The van der Waals surface area contributed by atoms with Crippen molar-refractivity contribution in [3.05, 3.63) is 69.7 Å². The van der Waals surface area contributed by atoms with Crippen LogP contribution in [0, 0.1) is 0 Å². The first-order valence-electron chi connectivity index (χ1n) is 10.3. The summed E-state index contributed by atoms with van der Waals surface area (Å²) in [6, 6.07) is 14.0. The lowest BCUT2D eigenvalue weighted by Gasteiger charge is -2.39. The largest absolute Gasteiger partial charge is 0.336 e. The Labute approximate surface area is 187 Å². The molecule has 1 aliphatic heterocycles. The molecule has 1 aliphatic rings. The van der Waals surface area contributed by atoms with Crippen molar-refractivity contribution in [2.45, 2.75) is 32.4 Å². The highest BCUT2D eigenvalue weighted by Gasteiger charge is 2.28. The zero-order valence-electron chi connectivity index (χ0n) is 17.1. The molecule has 3 rings (SSSR count). The molecule has 7 heteroatoms. The topological polar surface area (TPSA) is 52.7 Å². The number of nitrogens with zero attached hydrogens (tertiary/aromatic N) is 2. The van der Waals surface area contributed by atoms with E-state index in [4.69, 9.17) is 23.2 Å². The van der Waals surface area contributed by atoms with Crippen molar-refractivity contribution >= 4 is 35.0 Å². The van der Waals surface area contributed by atoms with Crippen molar-refractivity contribution in [2.24, 2.45) is 0 Å². The zero-order valence-corrected chi connectivity index (χ0v) is 18.6. The van der Waals surface area contributed by atoms with Gasteiger partial charge in [0.2, 0.25) is 0 Å². The molecular formula is C23H27Cl2N3O2. The van der Waals surface area contributed by atoms with E-state index in [2.05, 4.69) is 17.1 Å². The molecule has 0 radical (unpaired) electrons. The van der Waals surface area contributed by atoms with Crippen LogP contribution in [-0.2, 0) is 0 Å². The molecule has 160 valence electrons. The van der Waals surface area contributed by atoms with Crippen LogP contribution in [0.2, 0.25) is 10.0 Å². The van der Waals surface area contributed by atoms with Gasteiger partial charge in [0.25, 0.3) is 11.8 Å². The highest BCUT2D eigenvalue weighted by Crippen LogP contribution is 2.19. The van der Waals surface area contributed by atoms with Crippen LogP contribution in [0.15, 0.2) is 48.5 Å². The normalized spacial score (nSPS) is 15.6. The van der Waals surface area contributed by atoms with Gasteiger partial charge in [-0.25, -0.2) is 0 Å². The second kappa shape index (κ2) is 10.8. The maximum Gasteiger partial charge on any atom is 0.255 e. The molecule has 30 heavy (non-hydrogen) atoms. The maximum atomic E-state index is 12.8. The quantitative estimate of drug-likeness (QED) is 0.668. The number of benzene rings is 2. The molecule has 2 aromatic rings. The number of nitrogens with one attached hydrogen (secondary N) is 1. The smallest absolute Gasteiger partial charge is 0.255 e. The Hall–Kier alpha value is -2.08. The van der Waals surface area contributed by atoms with Gasteiger partial charge >= 0.3 is 0 Å². The second-order valence-corrected chi connectivity index (χ2v) is 8.29. The summed E-state index contributed by atoms with van der Waals surface area (Å²) in [6.07, 6.45) is 2.88. The van der Waals surface area contributed by atoms with E-state index in [0.29, 0.717) is 47.4 Å². The van der Waals surface area contributed by atoms with Gasteiger partial charge in [-0.2, -0.15) is 0 Å². The van der Waals surface area contributed by atoms with Crippen molar-refractivity contribution in [2.75, 3.05) is 26.2 Å². The second-order valence-electron chi connectivity index (χ2n) is 7.45. The van der Waals surface area contributed by atoms with Crippen molar-refractivity contribution in [1.82, 2.24) is 15.1 Å². The predicted octanol–water partition coefficient (Wildman–Crippen LogP) is 4.70. The SMILES string of the molecule is CCCCC(NC(=O)c1ccc(Cl)cc1)N1CCN(C(=O)c2ccccc2Cl)CC1. The number of hydrogen-bond donors (Lipinski definition) is 1. The Morgan fingerprint density at radius 2 is 1.67 bits per heavy atom. The lowest BCUT2D eigenvalue weighted by Crippen LogP contribution is -2.56. The van der Waals surface area contributed by atoms with Crippen LogP contribution < -0.4 is 5.32 Å². The van der Waals surface area contributed by atoms with Gasteiger partial charge in [0.1, 0.15) is 0 Å². The van der Waals surface area contributed by atoms with E-state index in [-0.39, 0.29) is 18.0 Å². The van der Waals surface area contributed by atoms with Gasteiger partial charge < -0.3 is 10.2 Å². The zero-order chi connectivity index (χ0) is 21.5. The molecular weight excluding hydrogens is 421 g/mol. The minimum atomic E-state index is -0.109. The fourth-order valence-electron chi connectivity index (χ4n) is 3.62. The third-order valence-corrected chi connectivity index (χ3v) is 5.96. The van der Waals surface area contributed by atoms with Gasteiger partial charge in [-0.1, -0.05) is 55.1 Å². The summed E-state index contributed by atoms with van der Waals surface area (Å²) >= 11 is 12.1. The minimum Gasteiger partial charge on any atom is -0.336 e. The van der Waals surface area contributed by atoms with Gasteiger partial charge in [-0.15, -0.1) is 0 Å². The van der Waals surface area contributed by atoms with Crippen LogP contribution >= 0.6 is 23.2 Å². The maximum absolute atomic E-state index is 12.8. The van der Waals surface area contributed by atoms with Gasteiger partial charge in [0.05, 0.1) is 16.8 Å². The Kier molecular flexibility index (Phi) is 8.14. The molecule has 0 aliphatic carbocycles. The first-order valence-corrected chi connectivity index (χ1v) is 11.1. The predicted molar refractivity (Wildman–Crippen MR) is 121 cm³/mol. The van der Waals surface area contributed by atoms with Crippen LogP contribution in [0.1, 0.15) is 46.9 Å². The molecule has 0 bridgehead atoms. The van der Waals surface area contributed by atoms with Crippen LogP contribution in [0.5, 0.6) is 0 Å². The van der Waals surface area contributed by atoms with Crippen LogP contribution in [0.4, 0.5) is 0 Å². The molecule has 1 unspecified atom stereocenters. The van der Waals surface area contributed by atoms with E-state index >= 15 is 0 Å². The monoisotopic (exact) mass is 447 g/mol.